The highest BCUT2D eigenvalue weighted by Gasteiger charge is 2.43. The summed E-state index contributed by atoms with van der Waals surface area (Å²) in [5.74, 6) is 0. The molecule has 3 rings (SSSR count). The average Bonchev–Trinajstić information content (AvgIpc) is 2.47. The van der Waals surface area contributed by atoms with Crippen molar-refractivity contribution in [3.05, 3.63) is 35.9 Å². The minimum atomic E-state index is -0.598. The third kappa shape index (κ3) is 2.66. The van der Waals surface area contributed by atoms with Crippen LogP contribution in [-0.4, -0.2) is 43.4 Å². The number of hydrogen-bond donors (Lipinski definition) is 1. The van der Waals surface area contributed by atoms with Crippen LogP contribution < -0.4 is 0 Å². The van der Waals surface area contributed by atoms with Crippen LogP contribution in [-0.2, 0) is 18.9 Å². The molecule has 2 heterocycles. The Bertz CT molecular complexity index is 410. The molecule has 0 aliphatic carbocycles. The Morgan fingerprint density at radius 1 is 1.21 bits per heavy atom. The maximum absolute atomic E-state index is 10.1. The third-order valence-corrected chi connectivity index (χ3v) is 3.53. The SMILES string of the molecule is CO[C@@H]1C[C@@H](O)[C@H]2O[C@@H](c3ccccc3)OC[C@@H]2O1. The predicted molar refractivity (Wildman–Crippen MR) is 66.3 cm³/mol. The summed E-state index contributed by atoms with van der Waals surface area (Å²) >= 11 is 0. The van der Waals surface area contributed by atoms with Crippen LogP contribution in [0.2, 0.25) is 0 Å². The summed E-state index contributed by atoms with van der Waals surface area (Å²) in [6, 6.07) is 9.70. The van der Waals surface area contributed by atoms with Gasteiger partial charge in [-0.25, -0.2) is 0 Å². The Labute approximate surface area is 112 Å². The number of methoxy groups -OCH3 is 1. The fourth-order valence-corrected chi connectivity index (χ4v) is 2.52. The lowest BCUT2D eigenvalue weighted by molar-refractivity contribution is -0.334. The lowest BCUT2D eigenvalue weighted by Crippen LogP contribution is -2.55. The van der Waals surface area contributed by atoms with Crippen molar-refractivity contribution in [2.75, 3.05) is 13.7 Å². The van der Waals surface area contributed by atoms with Crippen molar-refractivity contribution in [2.24, 2.45) is 0 Å². The number of hydrogen-bond acceptors (Lipinski definition) is 5. The molecule has 2 fully saturated rings. The molecule has 104 valence electrons. The third-order valence-electron chi connectivity index (χ3n) is 3.53. The summed E-state index contributed by atoms with van der Waals surface area (Å²) in [6.07, 6.45) is -1.67. The summed E-state index contributed by atoms with van der Waals surface area (Å²) in [7, 11) is 1.56. The van der Waals surface area contributed by atoms with Gasteiger partial charge in [0.1, 0.15) is 12.2 Å². The van der Waals surface area contributed by atoms with E-state index in [0.717, 1.165) is 5.56 Å². The van der Waals surface area contributed by atoms with E-state index in [1.54, 1.807) is 7.11 Å². The number of fused-ring (bicyclic) bond motifs is 1. The first-order chi connectivity index (χ1) is 9.28. The van der Waals surface area contributed by atoms with Gasteiger partial charge in [-0.1, -0.05) is 30.3 Å². The molecule has 19 heavy (non-hydrogen) atoms. The van der Waals surface area contributed by atoms with Gasteiger partial charge >= 0.3 is 0 Å². The Morgan fingerprint density at radius 2 is 2.00 bits per heavy atom. The molecule has 5 nitrogen and oxygen atoms in total. The van der Waals surface area contributed by atoms with Crippen LogP contribution in [0, 0.1) is 0 Å². The van der Waals surface area contributed by atoms with E-state index in [1.165, 1.54) is 0 Å². The molecular weight excluding hydrogens is 248 g/mol. The van der Waals surface area contributed by atoms with Crippen molar-refractivity contribution < 1.29 is 24.1 Å². The van der Waals surface area contributed by atoms with Gasteiger partial charge in [-0.2, -0.15) is 0 Å². The van der Waals surface area contributed by atoms with E-state index in [1.807, 2.05) is 30.3 Å². The lowest BCUT2D eigenvalue weighted by atomic mass is 10.0. The topological polar surface area (TPSA) is 57.2 Å². The zero-order valence-corrected chi connectivity index (χ0v) is 10.8. The largest absolute Gasteiger partial charge is 0.390 e. The average molecular weight is 266 g/mol. The Hall–Kier alpha value is -0.980. The minimum Gasteiger partial charge on any atom is -0.390 e. The summed E-state index contributed by atoms with van der Waals surface area (Å²) < 4.78 is 22.3. The fraction of sp³-hybridized carbons (Fsp3) is 0.571. The van der Waals surface area contributed by atoms with E-state index in [2.05, 4.69) is 0 Å². The van der Waals surface area contributed by atoms with Gasteiger partial charge in [0, 0.05) is 19.1 Å². The molecule has 1 aromatic rings. The van der Waals surface area contributed by atoms with Crippen LogP contribution in [0.3, 0.4) is 0 Å². The molecule has 5 heteroatoms. The van der Waals surface area contributed by atoms with Gasteiger partial charge in [0.25, 0.3) is 0 Å². The number of benzene rings is 1. The smallest absolute Gasteiger partial charge is 0.184 e. The van der Waals surface area contributed by atoms with E-state index in [9.17, 15) is 5.11 Å². The molecule has 2 aliphatic rings. The molecule has 0 aromatic heterocycles. The van der Waals surface area contributed by atoms with Gasteiger partial charge in [-0.05, 0) is 0 Å². The standard InChI is InChI=1S/C14H18O5/c1-16-12-7-10(15)13-11(18-12)8-17-14(19-13)9-5-3-2-4-6-9/h2-6,10-15H,7-8H2,1H3/t10-,11+,12+,13-,14+/m1/s1. The Balaban J connectivity index is 1.70. The Kier molecular flexibility index (Phi) is 3.81. The zero-order valence-electron chi connectivity index (χ0n) is 10.8. The normalized spacial score (nSPS) is 38.7. The second-order valence-corrected chi connectivity index (χ2v) is 4.82. The van der Waals surface area contributed by atoms with Gasteiger partial charge in [-0.15, -0.1) is 0 Å². The first-order valence-corrected chi connectivity index (χ1v) is 6.46. The van der Waals surface area contributed by atoms with Gasteiger partial charge < -0.3 is 24.1 Å². The van der Waals surface area contributed by atoms with Crippen molar-refractivity contribution in [1.82, 2.24) is 0 Å². The highest BCUT2D eigenvalue weighted by molar-refractivity contribution is 5.16. The zero-order chi connectivity index (χ0) is 13.2. The van der Waals surface area contributed by atoms with Gasteiger partial charge in [0.15, 0.2) is 12.6 Å². The maximum atomic E-state index is 10.1. The number of ether oxygens (including phenoxy) is 4. The first-order valence-electron chi connectivity index (χ1n) is 6.46. The molecule has 1 aromatic carbocycles. The maximum Gasteiger partial charge on any atom is 0.184 e. The van der Waals surface area contributed by atoms with E-state index < -0.39 is 18.7 Å². The first kappa shape index (κ1) is 13.0. The molecule has 0 unspecified atom stereocenters. The summed E-state index contributed by atoms with van der Waals surface area (Å²) in [5, 5.41) is 10.1. The summed E-state index contributed by atoms with van der Waals surface area (Å²) in [5.41, 5.74) is 0.946. The van der Waals surface area contributed by atoms with E-state index in [4.69, 9.17) is 18.9 Å². The number of rotatable bonds is 2. The van der Waals surface area contributed by atoms with Gasteiger partial charge in [-0.3, -0.25) is 0 Å². The second kappa shape index (κ2) is 5.56. The Morgan fingerprint density at radius 3 is 2.74 bits per heavy atom. The van der Waals surface area contributed by atoms with Gasteiger partial charge in [0.05, 0.1) is 12.7 Å². The van der Waals surface area contributed by atoms with Crippen molar-refractivity contribution in [3.8, 4) is 0 Å². The highest BCUT2D eigenvalue weighted by Crippen LogP contribution is 2.33. The molecular formula is C14H18O5. The number of aliphatic hydroxyl groups is 1. The van der Waals surface area contributed by atoms with Crippen LogP contribution in [0.1, 0.15) is 18.3 Å². The summed E-state index contributed by atoms with van der Waals surface area (Å²) in [4.78, 5) is 0. The summed E-state index contributed by atoms with van der Waals surface area (Å²) in [6.45, 7) is 0.390. The lowest BCUT2D eigenvalue weighted by Gasteiger charge is -2.43. The van der Waals surface area contributed by atoms with Crippen LogP contribution in [0.15, 0.2) is 30.3 Å². The van der Waals surface area contributed by atoms with Crippen molar-refractivity contribution in [1.29, 1.82) is 0 Å². The molecule has 1 N–H and O–H groups in total. The molecule has 0 bridgehead atoms. The molecule has 0 amide bonds. The van der Waals surface area contributed by atoms with Gasteiger partial charge in [0.2, 0.25) is 0 Å². The monoisotopic (exact) mass is 266 g/mol. The molecule has 5 atom stereocenters. The minimum absolute atomic E-state index is 0.284. The quantitative estimate of drug-likeness (QED) is 0.872. The van der Waals surface area contributed by atoms with Crippen molar-refractivity contribution in [3.63, 3.8) is 0 Å². The second-order valence-electron chi connectivity index (χ2n) is 4.82. The van der Waals surface area contributed by atoms with Crippen LogP contribution in [0.4, 0.5) is 0 Å². The molecule has 0 spiro atoms. The predicted octanol–water partition coefficient (Wildman–Crippen LogP) is 1.22. The van der Waals surface area contributed by atoms with Crippen molar-refractivity contribution in [2.45, 2.75) is 37.3 Å². The number of aliphatic hydroxyl groups excluding tert-OH is 1. The van der Waals surface area contributed by atoms with E-state index in [0.29, 0.717) is 13.0 Å². The van der Waals surface area contributed by atoms with E-state index >= 15 is 0 Å². The molecule has 0 radical (unpaired) electrons. The van der Waals surface area contributed by atoms with E-state index in [-0.39, 0.29) is 12.2 Å². The van der Waals surface area contributed by atoms with Crippen LogP contribution in [0.5, 0.6) is 0 Å². The fourth-order valence-electron chi connectivity index (χ4n) is 2.52. The highest BCUT2D eigenvalue weighted by atomic mass is 16.7. The van der Waals surface area contributed by atoms with Crippen LogP contribution >= 0.6 is 0 Å². The molecule has 2 aliphatic heterocycles. The van der Waals surface area contributed by atoms with Crippen molar-refractivity contribution >= 4 is 0 Å². The van der Waals surface area contributed by atoms with Crippen LogP contribution in [0.25, 0.3) is 0 Å². The molecule has 2 saturated heterocycles. The molecule has 0 saturated carbocycles.